The predicted molar refractivity (Wildman–Crippen MR) is 70.9 cm³/mol. The van der Waals surface area contributed by atoms with Crippen LogP contribution < -0.4 is 5.73 Å². The van der Waals surface area contributed by atoms with Crippen LogP contribution in [0.4, 0.5) is 0 Å². The fraction of sp³-hybridized carbons (Fsp3) is 0.538. The van der Waals surface area contributed by atoms with Crippen LogP contribution in [0.5, 0.6) is 0 Å². The molecule has 1 atom stereocenters. The van der Waals surface area contributed by atoms with Crippen molar-refractivity contribution in [3.63, 3.8) is 0 Å². The first kappa shape index (κ1) is 13.6. The number of nitrogens with zero attached hydrogens (tertiary/aromatic N) is 2. The van der Waals surface area contributed by atoms with E-state index in [1.165, 1.54) is 5.56 Å². The predicted octanol–water partition coefficient (Wildman–Crippen LogP) is 2.01. The van der Waals surface area contributed by atoms with Gasteiger partial charge in [-0.25, -0.2) is 0 Å². The lowest BCUT2D eigenvalue weighted by Crippen LogP contribution is -2.37. The van der Waals surface area contributed by atoms with Crippen molar-refractivity contribution in [2.75, 3.05) is 6.54 Å². The summed E-state index contributed by atoms with van der Waals surface area (Å²) in [5, 5.41) is 7.42. The van der Waals surface area contributed by atoms with Gasteiger partial charge in [-0.2, -0.15) is 0 Å². The Labute approximate surface area is 103 Å². The highest BCUT2D eigenvalue weighted by molar-refractivity contribution is 5.77. The van der Waals surface area contributed by atoms with E-state index < -0.39 is 0 Å². The number of hydrogen-bond acceptors (Lipinski definition) is 3. The van der Waals surface area contributed by atoms with E-state index in [9.17, 15) is 0 Å². The molecule has 0 aromatic carbocycles. The highest BCUT2D eigenvalue weighted by atomic mass is 15.1. The Balaban J connectivity index is 2.66. The quantitative estimate of drug-likeness (QED) is 0.560. The molecule has 1 heterocycles. The van der Waals surface area contributed by atoms with Gasteiger partial charge in [0, 0.05) is 31.4 Å². The molecule has 17 heavy (non-hydrogen) atoms. The first-order chi connectivity index (χ1) is 8.17. The summed E-state index contributed by atoms with van der Waals surface area (Å²) in [5.74, 6) is 0.269. The van der Waals surface area contributed by atoms with Gasteiger partial charge in [0.05, 0.1) is 5.84 Å². The Hall–Kier alpha value is -1.42. The minimum atomic E-state index is 0.269. The minimum Gasteiger partial charge on any atom is -0.388 e. The lowest BCUT2D eigenvalue weighted by atomic mass is 10.1. The third kappa shape index (κ3) is 4.53. The molecular weight excluding hydrogens is 212 g/mol. The molecule has 1 rings (SSSR count). The van der Waals surface area contributed by atoms with E-state index in [0.717, 1.165) is 19.5 Å². The van der Waals surface area contributed by atoms with Crippen molar-refractivity contribution in [1.82, 2.24) is 9.88 Å². The summed E-state index contributed by atoms with van der Waals surface area (Å²) in [6.07, 6.45) is 5.29. The Kier molecular flexibility index (Phi) is 5.63. The largest absolute Gasteiger partial charge is 0.388 e. The van der Waals surface area contributed by atoms with E-state index >= 15 is 0 Å². The van der Waals surface area contributed by atoms with E-state index in [-0.39, 0.29) is 5.84 Å². The number of nitrogens with two attached hydrogens (primary N) is 1. The van der Waals surface area contributed by atoms with Crippen LogP contribution in [0.25, 0.3) is 0 Å². The van der Waals surface area contributed by atoms with Crippen molar-refractivity contribution in [3.05, 3.63) is 30.1 Å². The molecule has 0 aliphatic rings. The molecule has 0 aliphatic heterocycles. The Morgan fingerprint density at radius 2 is 2.06 bits per heavy atom. The smallest absolute Gasteiger partial charge is 0.0921 e. The van der Waals surface area contributed by atoms with Crippen molar-refractivity contribution in [2.45, 2.75) is 39.3 Å². The zero-order chi connectivity index (χ0) is 12.7. The third-order valence-electron chi connectivity index (χ3n) is 2.98. The summed E-state index contributed by atoms with van der Waals surface area (Å²) in [5.41, 5.74) is 6.75. The van der Waals surface area contributed by atoms with Crippen LogP contribution in [0, 0.1) is 5.41 Å². The van der Waals surface area contributed by atoms with Crippen molar-refractivity contribution >= 4 is 5.84 Å². The molecular formula is C13H22N4. The molecule has 4 heteroatoms. The molecule has 1 aromatic rings. The molecule has 4 nitrogen and oxygen atoms in total. The zero-order valence-corrected chi connectivity index (χ0v) is 10.7. The van der Waals surface area contributed by atoms with Crippen molar-refractivity contribution in [1.29, 1.82) is 5.41 Å². The Morgan fingerprint density at radius 1 is 1.41 bits per heavy atom. The average Bonchev–Trinajstić information content (AvgIpc) is 2.34. The van der Waals surface area contributed by atoms with Gasteiger partial charge < -0.3 is 5.73 Å². The Morgan fingerprint density at radius 3 is 2.53 bits per heavy atom. The first-order valence-electron chi connectivity index (χ1n) is 6.13. The van der Waals surface area contributed by atoms with Crippen molar-refractivity contribution in [2.24, 2.45) is 5.73 Å². The van der Waals surface area contributed by atoms with Crippen LogP contribution >= 0.6 is 0 Å². The van der Waals surface area contributed by atoms with Crippen LogP contribution in [-0.2, 0) is 6.54 Å². The second-order valence-corrected chi connectivity index (χ2v) is 4.21. The van der Waals surface area contributed by atoms with Crippen molar-refractivity contribution in [3.8, 4) is 0 Å². The second-order valence-electron chi connectivity index (χ2n) is 4.21. The normalized spacial score (nSPS) is 12.6. The van der Waals surface area contributed by atoms with Crippen molar-refractivity contribution < 1.29 is 0 Å². The minimum absolute atomic E-state index is 0.269. The highest BCUT2D eigenvalue weighted by Gasteiger charge is 2.16. The van der Waals surface area contributed by atoms with Gasteiger partial charge in [0.15, 0.2) is 0 Å². The number of rotatable bonds is 7. The molecule has 0 bridgehead atoms. The number of nitrogens with one attached hydrogen (secondary N) is 1. The van der Waals surface area contributed by atoms with E-state index in [1.54, 1.807) is 0 Å². The maximum absolute atomic E-state index is 7.42. The van der Waals surface area contributed by atoms with Gasteiger partial charge in [0.1, 0.15) is 0 Å². The molecule has 0 fully saturated rings. The molecule has 0 spiro atoms. The maximum atomic E-state index is 7.42. The number of aromatic nitrogens is 1. The molecule has 3 N–H and O–H groups in total. The van der Waals surface area contributed by atoms with Gasteiger partial charge in [-0.15, -0.1) is 0 Å². The standard InChI is InChI=1S/C13H22N4/c1-3-12(9-13(14)15)17(4-2)10-11-5-7-16-8-6-11/h5-8,12H,3-4,9-10H2,1-2H3,(H3,14,15). The molecule has 0 radical (unpaired) electrons. The van der Waals surface area contributed by atoms with Gasteiger partial charge in [-0.1, -0.05) is 13.8 Å². The molecule has 0 saturated carbocycles. The lowest BCUT2D eigenvalue weighted by Gasteiger charge is -2.29. The van der Waals surface area contributed by atoms with Crippen LogP contribution in [0.1, 0.15) is 32.3 Å². The highest BCUT2D eigenvalue weighted by Crippen LogP contribution is 2.12. The zero-order valence-electron chi connectivity index (χ0n) is 10.7. The van der Waals surface area contributed by atoms with Gasteiger partial charge >= 0.3 is 0 Å². The van der Waals surface area contributed by atoms with E-state index in [4.69, 9.17) is 11.1 Å². The summed E-state index contributed by atoms with van der Waals surface area (Å²) in [6, 6.07) is 4.41. The van der Waals surface area contributed by atoms with Crippen LogP contribution in [0.15, 0.2) is 24.5 Å². The van der Waals surface area contributed by atoms with Gasteiger partial charge in [0.25, 0.3) is 0 Å². The first-order valence-corrected chi connectivity index (χ1v) is 6.13. The van der Waals surface area contributed by atoms with Gasteiger partial charge in [-0.05, 0) is 30.7 Å². The second kappa shape index (κ2) is 7.01. The fourth-order valence-electron chi connectivity index (χ4n) is 2.01. The van der Waals surface area contributed by atoms with Crippen LogP contribution in [0.2, 0.25) is 0 Å². The lowest BCUT2D eigenvalue weighted by molar-refractivity contribution is 0.196. The summed E-state index contributed by atoms with van der Waals surface area (Å²) in [7, 11) is 0. The maximum Gasteiger partial charge on any atom is 0.0921 e. The van der Waals surface area contributed by atoms with E-state index in [2.05, 4.69) is 23.7 Å². The number of amidine groups is 1. The summed E-state index contributed by atoms with van der Waals surface area (Å²) in [6.45, 7) is 6.14. The average molecular weight is 234 g/mol. The molecule has 94 valence electrons. The topological polar surface area (TPSA) is 66.0 Å². The van der Waals surface area contributed by atoms with E-state index in [0.29, 0.717) is 12.5 Å². The third-order valence-corrected chi connectivity index (χ3v) is 2.98. The fourth-order valence-corrected chi connectivity index (χ4v) is 2.01. The number of hydrogen-bond donors (Lipinski definition) is 2. The summed E-state index contributed by atoms with van der Waals surface area (Å²) in [4.78, 5) is 6.38. The molecule has 0 amide bonds. The van der Waals surface area contributed by atoms with Crippen LogP contribution in [0.3, 0.4) is 0 Å². The molecule has 0 saturated heterocycles. The SMILES string of the molecule is CCC(CC(=N)N)N(CC)Cc1ccncc1. The van der Waals surface area contributed by atoms with E-state index in [1.807, 2.05) is 24.5 Å². The molecule has 0 aliphatic carbocycles. The van der Waals surface area contributed by atoms with Gasteiger partial charge in [0.2, 0.25) is 0 Å². The summed E-state index contributed by atoms with van der Waals surface area (Å²) < 4.78 is 0. The van der Waals surface area contributed by atoms with Crippen LogP contribution in [-0.4, -0.2) is 28.3 Å². The van der Waals surface area contributed by atoms with Gasteiger partial charge in [-0.3, -0.25) is 15.3 Å². The Bertz CT molecular complexity index is 337. The number of pyridine rings is 1. The monoisotopic (exact) mass is 234 g/mol. The molecule has 1 aromatic heterocycles. The molecule has 1 unspecified atom stereocenters. The summed E-state index contributed by atoms with van der Waals surface area (Å²) >= 11 is 0.